The minimum Gasteiger partial charge on any atom is -0.352 e. The zero-order valence-electron chi connectivity index (χ0n) is 10.8. The van der Waals surface area contributed by atoms with Crippen LogP contribution in [-0.4, -0.2) is 48.5 Å². The van der Waals surface area contributed by atoms with Crippen LogP contribution in [0.3, 0.4) is 0 Å². The Morgan fingerprint density at radius 3 is 2.67 bits per heavy atom. The summed E-state index contributed by atoms with van der Waals surface area (Å²) in [6.07, 6.45) is 0.446. The fourth-order valence-corrected chi connectivity index (χ4v) is 2.55. The molecule has 2 amide bonds. The largest absolute Gasteiger partial charge is 0.352 e. The Bertz CT molecular complexity index is 271. The Balaban J connectivity index is 0.00000289. The highest BCUT2D eigenvalue weighted by molar-refractivity contribution is 7.99. The first-order valence-corrected chi connectivity index (χ1v) is 7.10. The van der Waals surface area contributed by atoms with Crippen LogP contribution in [0.4, 0.5) is 0 Å². The normalized spacial score (nSPS) is 18.9. The molecule has 0 aromatic heterocycles. The van der Waals surface area contributed by atoms with Gasteiger partial charge in [-0.15, -0.1) is 12.4 Å². The lowest BCUT2D eigenvalue weighted by Gasteiger charge is -2.22. The van der Waals surface area contributed by atoms with Gasteiger partial charge in [0, 0.05) is 36.6 Å². The van der Waals surface area contributed by atoms with Gasteiger partial charge in [0.05, 0.1) is 6.54 Å². The lowest BCUT2D eigenvalue weighted by Crippen LogP contribution is -2.44. The molecule has 0 spiro atoms. The van der Waals surface area contributed by atoms with Crippen molar-refractivity contribution in [3.8, 4) is 0 Å². The van der Waals surface area contributed by atoms with Crippen LogP contribution in [0.2, 0.25) is 0 Å². The van der Waals surface area contributed by atoms with Gasteiger partial charge in [0.15, 0.2) is 0 Å². The molecule has 0 radical (unpaired) electrons. The number of thioether (sulfide) groups is 1. The second kappa shape index (κ2) is 9.47. The van der Waals surface area contributed by atoms with Crippen molar-refractivity contribution in [3.63, 3.8) is 0 Å². The second-order valence-electron chi connectivity index (χ2n) is 4.43. The average Bonchev–Trinajstić information content (AvgIpc) is 2.27. The summed E-state index contributed by atoms with van der Waals surface area (Å²) >= 11 is 1.86. The number of nitrogens with one attached hydrogen (secondary N) is 3. The van der Waals surface area contributed by atoms with Gasteiger partial charge >= 0.3 is 0 Å². The van der Waals surface area contributed by atoms with Crippen molar-refractivity contribution < 1.29 is 9.59 Å². The van der Waals surface area contributed by atoms with Gasteiger partial charge in [0.25, 0.3) is 0 Å². The molecule has 1 fully saturated rings. The maximum Gasteiger partial charge on any atom is 0.239 e. The van der Waals surface area contributed by atoms with Crippen LogP contribution in [0.25, 0.3) is 0 Å². The Morgan fingerprint density at radius 2 is 2.11 bits per heavy atom. The molecule has 106 valence electrons. The van der Waals surface area contributed by atoms with E-state index >= 15 is 0 Å². The Hall–Kier alpha value is -0.460. The lowest BCUT2D eigenvalue weighted by atomic mass is 10.2. The molecular weight excluding hydrogens is 274 g/mol. The van der Waals surface area contributed by atoms with E-state index in [0.29, 0.717) is 6.42 Å². The first-order chi connectivity index (χ1) is 8.08. The molecule has 0 aromatic rings. The van der Waals surface area contributed by atoms with Gasteiger partial charge < -0.3 is 16.0 Å². The van der Waals surface area contributed by atoms with E-state index in [1.54, 1.807) is 0 Å². The number of carbonyl (C=O) groups is 2. The number of rotatable bonds is 5. The summed E-state index contributed by atoms with van der Waals surface area (Å²) in [6.45, 7) is 4.80. The van der Waals surface area contributed by atoms with Gasteiger partial charge in [-0.3, -0.25) is 9.59 Å². The number of hydrogen-bond donors (Lipinski definition) is 3. The van der Waals surface area contributed by atoms with Crippen LogP contribution in [0.1, 0.15) is 20.3 Å². The molecule has 0 saturated carbocycles. The maximum atomic E-state index is 11.6. The first-order valence-electron chi connectivity index (χ1n) is 5.95. The number of amides is 2. The van der Waals surface area contributed by atoms with E-state index in [0.717, 1.165) is 18.1 Å². The van der Waals surface area contributed by atoms with Crippen LogP contribution in [0, 0.1) is 0 Å². The molecule has 1 heterocycles. The molecule has 1 aliphatic heterocycles. The highest BCUT2D eigenvalue weighted by Gasteiger charge is 2.16. The quantitative estimate of drug-likeness (QED) is 0.675. The zero-order valence-corrected chi connectivity index (χ0v) is 12.5. The summed E-state index contributed by atoms with van der Waals surface area (Å²) in [5.41, 5.74) is 0. The summed E-state index contributed by atoms with van der Waals surface area (Å²) < 4.78 is 0. The van der Waals surface area contributed by atoms with Crippen molar-refractivity contribution in [2.24, 2.45) is 0 Å². The van der Waals surface area contributed by atoms with Crippen molar-refractivity contribution >= 4 is 36.0 Å². The first kappa shape index (κ1) is 17.5. The number of hydrogen-bond acceptors (Lipinski definition) is 4. The molecule has 3 N–H and O–H groups in total. The molecule has 18 heavy (non-hydrogen) atoms. The van der Waals surface area contributed by atoms with Crippen molar-refractivity contribution in [2.75, 3.05) is 24.6 Å². The third kappa shape index (κ3) is 7.79. The van der Waals surface area contributed by atoms with Gasteiger partial charge in [-0.2, -0.15) is 11.8 Å². The summed E-state index contributed by atoms with van der Waals surface area (Å²) in [6, 6.07) is 0.345. The fraction of sp³-hybridized carbons (Fsp3) is 0.818. The molecule has 0 aromatic carbocycles. The minimum absolute atomic E-state index is 0. The molecule has 1 unspecified atom stereocenters. The third-order valence-electron chi connectivity index (χ3n) is 2.33. The zero-order chi connectivity index (χ0) is 12.7. The molecule has 5 nitrogen and oxygen atoms in total. The van der Waals surface area contributed by atoms with Gasteiger partial charge in [0.1, 0.15) is 0 Å². The highest BCUT2D eigenvalue weighted by Crippen LogP contribution is 2.09. The molecule has 1 aliphatic rings. The summed E-state index contributed by atoms with van der Waals surface area (Å²) in [7, 11) is 0. The fourth-order valence-electron chi connectivity index (χ4n) is 1.60. The van der Waals surface area contributed by atoms with Gasteiger partial charge in [-0.05, 0) is 13.8 Å². The van der Waals surface area contributed by atoms with Crippen molar-refractivity contribution in [2.45, 2.75) is 32.4 Å². The molecule has 0 bridgehead atoms. The van der Waals surface area contributed by atoms with Crippen LogP contribution in [0.15, 0.2) is 0 Å². The SMILES string of the molecule is CC(C)NC(=O)CNC(=O)CC1CSCCN1.Cl. The lowest BCUT2D eigenvalue weighted by molar-refractivity contribution is -0.126. The topological polar surface area (TPSA) is 70.2 Å². The minimum atomic E-state index is -0.140. The number of carbonyl (C=O) groups excluding carboxylic acids is 2. The second-order valence-corrected chi connectivity index (χ2v) is 5.58. The molecular formula is C11H22ClN3O2S. The van der Waals surface area contributed by atoms with Crippen molar-refractivity contribution in [1.29, 1.82) is 0 Å². The Kier molecular flexibility index (Phi) is 9.23. The van der Waals surface area contributed by atoms with E-state index in [9.17, 15) is 9.59 Å². The molecule has 0 aliphatic carbocycles. The van der Waals surface area contributed by atoms with Gasteiger partial charge in [-0.25, -0.2) is 0 Å². The van der Waals surface area contributed by atoms with E-state index in [1.807, 2.05) is 25.6 Å². The number of halogens is 1. The van der Waals surface area contributed by atoms with Crippen LogP contribution in [-0.2, 0) is 9.59 Å². The maximum absolute atomic E-state index is 11.6. The molecule has 1 rings (SSSR count). The van der Waals surface area contributed by atoms with Gasteiger partial charge in [0.2, 0.25) is 11.8 Å². The Morgan fingerprint density at radius 1 is 1.39 bits per heavy atom. The van der Waals surface area contributed by atoms with Crippen LogP contribution >= 0.6 is 24.2 Å². The van der Waals surface area contributed by atoms with E-state index in [2.05, 4.69) is 16.0 Å². The van der Waals surface area contributed by atoms with Gasteiger partial charge in [-0.1, -0.05) is 0 Å². The molecule has 1 atom stereocenters. The average molecular weight is 296 g/mol. The summed E-state index contributed by atoms with van der Waals surface area (Å²) in [5, 5.41) is 8.65. The summed E-state index contributed by atoms with van der Waals surface area (Å²) in [5.74, 6) is 1.86. The van der Waals surface area contributed by atoms with Crippen LogP contribution < -0.4 is 16.0 Å². The Labute approximate surface area is 119 Å². The third-order valence-corrected chi connectivity index (χ3v) is 3.46. The molecule has 1 saturated heterocycles. The highest BCUT2D eigenvalue weighted by atomic mass is 35.5. The van der Waals surface area contributed by atoms with Crippen molar-refractivity contribution in [1.82, 2.24) is 16.0 Å². The van der Waals surface area contributed by atoms with E-state index in [4.69, 9.17) is 0 Å². The standard InChI is InChI=1S/C11H21N3O2S.ClH/c1-8(2)14-11(16)6-13-10(15)5-9-7-17-4-3-12-9;/h8-9,12H,3-7H2,1-2H3,(H,13,15)(H,14,16);1H. The van der Waals surface area contributed by atoms with Crippen molar-refractivity contribution in [3.05, 3.63) is 0 Å². The smallest absolute Gasteiger partial charge is 0.239 e. The van der Waals surface area contributed by atoms with E-state index < -0.39 is 0 Å². The van der Waals surface area contributed by atoms with Crippen LogP contribution in [0.5, 0.6) is 0 Å². The summed E-state index contributed by atoms with van der Waals surface area (Å²) in [4.78, 5) is 22.9. The molecule has 7 heteroatoms. The van der Waals surface area contributed by atoms with E-state index in [1.165, 1.54) is 0 Å². The predicted molar refractivity (Wildman–Crippen MR) is 77.3 cm³/mol. The monoisotopic (exact) mass is 295 g/mol. The predicted octanol–water partition coefficient (Wildman–Crippen LogP) is 0.144. The van der Waals surface area contributed by atoms with E-state index in [-0.39, 0.29) is 42.8 Å².